The van der Waals surface area contributed by atoms with Crippen molar-refractivity contribution in [2.45, 2.75) is 0 Å². The summed E-state index contributed by atoms with van der Waals surface area (Å²) >= 11 is 0. The van der Waals surface area contributed by atoms with Crippen LogP contribution in [0.25, 0.3) is 59.7 Å². The van der Waals surface area contributed by atoms with Crippen LogP contribution in [0.3, 0.4) is 0 Å². The minimum atomic E-state index is -2.92. The number of nitro groups is 12. The minimum Gasteiger partial charge on any atom is -0.907 e. The highest BCUT2D eigenvalue weighted by molar-refractivity contribution is 6.24. The number of nitrogens with zero attached hydrogens (tertiary/aromatic N) is 36. The van der Waals surface area contributed by atoms with Gasteiger partial charge in [0, 0.05) is 291 Å². The molecule has 12 aromatic rings. The van der Waals surface area contributed by atoms with Gasteiger partial charge < -0.3 is 60.3 Å². The highest BCUT2D eigenvalue weighted by atomic mass is 16.7. The van der Waals surface area contributed by atoms with Crippen LogP contribution >= 0.6 is 0 Å². The first-order valence-corrected chi connectivity index (χ1v) is 36.8. The molecule has 0 aromatic heterocycles. The number of benzene rings is 12. The summed E-state index contributed by atoms with van der Waals surface area (Å²) in [5.74, 6) is 0. The van der Waals surface area contributed by atoms with E-state index >= 15 is 0 Å². The summed E-state index contributed by atoms with van der Waals surface area (Å²) in [5.41, 5.74) is 3.42. The molecule has 0 fully saturated rings. The minimum absolute atomic E-state index is 0.0163. The Balaban J connectivity index is -0.000000754. The average Bonchev–Trinajstić information content (AvgIpc) is 0.978. The Hall–Kier alpha value is -23.7. The number of nitro benzene ring substituents is 12. The van der Waals surface area contributed by atoms with Gasteiger partial charge in [-0.1, -0.05) is 0 Å². The third-order valence-corrected chi connectivity index (χ3v) is 14.1. The Morgan fingerprint density at radius 2 is 0.162 bits per heavy atom. The van der Waals surface area contributed by atoms with Crippen LogP contribution in [0, 0.1) is 186 Å². The number of hydrogen-bond acceptors (Lipinski definition) is 48. The lowest BCUT2D eigenvalue weighted by Gasteiger charge is -2.35. The van der Waals surface area contributed by atoms with Crippen molar-refractivity contribution in [3.8, 4) is 0 Å². The van der Waals surface area contributed by atoms with E-state index in [9.17, 15) is 121 Å². The molecule has 0 N–H and O–H groups in total. The van der Waals surface area contributed by atoms with Crippen molar-refractivity contribution >= 4 is 166 Å². The van der Waals surface area contributed by atoms with E-state index in [1.807, 2.05) is 0 Å². The molecule has 0 amide bonds. The van der Waals surface area contributed by atoms with Gasteiger partial charge in [-0.2, -0.15) is 0 Å². The van der Waals surface area contributed by atoms with Crippen LogP contribution in [-0.2, 0) is 0 Å². The molecule has 12 aromatic carbocycles. The summed E-state index contributed by atoms with van der Waals surface area (Å²) < 4.78 is 0. The number of diazo groups is 12. The van der Waals surface area contributed by atoms with Crippen LogP contribution in [0.2, 0.25) is 0 Å². The van der Waals surface area contributed by atoms with Crippen LogP contribution in [0.15, 0.2) is 291 Å². The quantitative estimate of drug-likeness (QED) is 0.0476. The lowest BCUT2D eigenvalue weighted by Crippen LogP contribution is -2.56. The monoisotopic (exact) mass is 2040 g/mol. The van der Waals surface area contributed by atoms with Crippen molar-refractivity contribution in [2.75, 3.05) is 0 Å². The van der Waals surface area contributed by atoms with Crippen molar-refractivity contribution < 1.29 is 119 Å². The molecular weight excluding hydrogens is 1990 g/mol. The van der Waals surface area contributed by atoms with E-state index in [1.165, 1.54) is 291 Å². The smallest absolute Gasteiger partial charge is 0.385 e. The third-order valence-electron chi connectivity index (χ3n) is 14.1. The van der Waals surface area contributed by atoms with E-state index in [4.69, 9.17) is 125 Å². The summed E-state index contributed by atoms with van der Waals surface area (Å²) in [4.78, 5) is 149. The maximum Gasteiger partial charge on any atom is 0.385 e. The van der Waals surface area contributed by atoms with E-state index < -0.39 is 88.4 Å². The van der Waals surface area contributed by atoms with Gasteiger partial charge in [-0.15, -0.1) is 0 Å². The van der Waals surface area contributed by atoms with Gasteiger partial charge in [0.1, 0.15) is 0 Å². The number of rotatable bonds is 12. The molecule has 744 valence electrons. The molecule has 12 rings (SSSR count). The Kier molecular flexibility index (Phi) is 66.6. The molecule has 76 heteroatoms. The van der Waals surface area contributed by atoms with E-state index in [0.29, 0.717) is 68.2 Å². The molecule has 148 heavy (non-hydrogen) atoms. The van der Waals surface area contributed by atoms with Crippen molar-refractivity contribution in [3.63, 3.8) is 0 Å². The topological polar surface area (TPSA) is 1130 Å². The van der Waals surface area contributed by atoms with E-state index in [0.717, 1.165) is 0 Å². The summed E-state index contributed by atoms with van der Waals surface area (Å²) in [7, 11) is -11.7. The first-order chi connectivity index (χ1) is 69.8. The van der Waals surface area contributed by atoms with Gasteiger partial charge in [-0.3, -0.25) is 151 Å². The first-order valence-electron chi connectivity index (χ1n) is 36.8. The predicted molar refractivity (Wildman–Crippen MR) is 477 cm³/mol. The second-order valence-corrected chi connectivity index (χ2v) is 23.6. The Labute approximate surface area is 819 Å². The molecule has 0 saturated heterocycles. The third kappa shape index (κ3) is 63.5. The van der Waals surface area contributed by atoms with Crippen molar-refractivity contribution in [1.29, 1.82) is 64.7 Å². The summed E-state index contributed by atoms with van der Waals surface area (Å²) in [5, 5.41) is 321. The molecule has 0 spiro atoms. The molecule has 0 aliphatic heterocycles. The average molecular weight is 2040 g/mol. The molecule has 0 atom stereocenters. The lowest BCUT2D eigenvalue weighted by atomic mass is 10.3. The van der Waals surface area contributed by atoms with Gasteiger partial charge in [-0.25, -0.2) is 0 Å². The van der Waals surface area contributed by atoms with Gasteiger partial charge in [0.05, 0.1) is 59.1 Å². The van der Waals surface area contributed by atoms with Gasteiger partial charge in [0.2, 0.25) is 64.7 Å². The van der Waals surface area contributed by atoms with Crippen LogP contribution in [0.1, 0.15) is 0 Å². The first kappa shape index (κ1) is 131. The molecule has 0 saturated carbocycles. The summed E-state index contributed by atoms with van der Waals surface area (Å²) in [6, 6.07) is 63.2. The standard InChI is InChI=1S/12C6H4N3O2.4BO3/c12*7-8-5-1-3-6(4-2-5)9(10)11;4*2-1(3)4/h12*1-4H;;;;/q12*+1;4*-3. The Morgan fingerprint density at radius 1 is 0.122 bits per heavy atom. The molecule has 0 aliphatic carbocycles. The Morgan fingerprint density at radius 3 is 0.189 bits per heavy atom. The zero-order valence-corrected chi connectivity index (χ0v) is 72.8. The molecular formula is C72H48B4N36O36. The van der Waals surface area contributed by atoms with Crippen LogP contribution in [0.5, 0.6) is 0 Å². The molecule has 0 bridgehead atoms. The fourth-order valence-electron chi connectivity index (χ4n) is 7.69. The van der Waals surface area contributed by atoms with E-state index in [2.05, 4.69) is 59.7 Å². The molecule has 72 nitrogen and oxygen atoms in total. The largest absolute Gasteiger partial charge is 0.907 e. The highest BCUT2D eigenvalue weighted by Gasteiger charge is 2.18. The molecule has 0 radical (unpaired) electrons. The molecule has 0 heterocycles. The second kappa shape index (κ2) is 75.5. The van der Waals surface area contributed by atoms with Crippen molar-refractivity contribution in [2.24, 2.45) is 0 Å². The van der Waals surface area contributed by atoms with Gasteiger partial charge in [0.15, 0.2) is 59.7 Å². The van der Waals surface area contributed by atoms with Crippen molar-refractivity contribution in [1.82, 2.24) is 0 Å². The van der Waals surface area contributed by atoms with Gasteiger partial charge >= 0.3 is 68.2 Å². The van der Waals surface area contributed by atoms with Crippen LogP contribution in [0.4, 0.5) is 136 Å². The van der Waals surface area contributed by atoms with E-state index in [1.54, 1.807) is 0 Å². The van der Waals surface area contributed by atoms with Crippen LogP contribution < -0.4 is 60.3 Å². The van der Waals surface area contributed by atoms with E-state index in [-0.39, 0.29) is 68.2 Å². The number of hydrogen-bond donors (Lipinski definition) is 0. The maximum atomic E-state index is 10.1. The summed E-state index contributed by atoms with van der Waals surface area (Å²) in [6.07, 6.45) is 0. The molecule has 0 aliphatic rings. The number of non-ortho nitro benzene ring substituents is 12. The highest BCUT2D eigenvalue weighted by Crippen LogP contribution is 2.27. The fraction of sp³-hybridized carbons (Fsp3) is 0. The lowest BCUT2D eigenvalue weighted by molar-refractivity contribution is -0.481. The SMILES string of the molecule is N#[N+]c1ccc([N+](=O)[O-])cc1.N#[N+]c1ccc([N+](=O)[O-])cc1.N#[N+]c1ccc([N+](=O)[O-])cc1.N#[N+]c1ccc([N+](=O)[O-])cc1.N#[N+]c1ccc([N+](=O)[O-])cc1.N#[N+]c1ccc([N+](=O)[O-])cc1.N#[N+]c1ccc([N+](=O)[O-])cc1.N#[N+]c1ccc([N+](=O)[O-])cc1.N#[N+]c1ccc([N+](=O)[O-])cc1.N#[N+]c1ccc([N+](=O)[O-])cc1.N#[N+]c1ccc([N+](=O)[O-])cc1.N#[N+]c1ccc([N+](=O)[O-])cc1.[O-]B([O-])[O-].[O-]B([O-])[O-].[O-]B([O-])[O-].[O-]B([O-])[O-]. The van der Waals surface area contributed by atoms with Gasteiger partial charge in [0.25, 0.3) is 68.2 Å². The second-order valence-electron chi connectivity index (χ2n) is 23.6. The summed E-state index contributed by atoms with van der Waals surface area (Å²) in [6.45, 7) is 0. The fourth-order valence-corrected chi connectivity index (χ4v) is 7.69. The molecule has 0 unspecified atom stereocenters. The normalized spacial score (nSPS) is 8.43. The van der Waals surface area contributed by atoms with Crippen molar-refractivity contribution in [3.05, 3.63) is 472 Å². The zero-order valence-electron chi connectivity index (χ0n) is 72.8. The Bertz CT molecular complexity index is 5440. The maximum absolute atomic E-state index is 10.1. The van der Waals surface area contributed by atoms with Gasteiger partial charge in [-0.05, 0) is 0 Å². The zero-order chi connectivity index (χ0) is 114. The predicted octanol–water partition coefficient (Wildman–Crippen LogP) is 9.16. The van der Waals surface area contributed by atoms with Crippen LogP contribution in [-0.4, -0.2) is 88.4 Å².